The minimum Gasteiger partial charge on any atom is -0.397 e. The molecule has 7 N–H and O–H groups in total. The largest absolute Gasteiger partial charge is 0.397 e. The van der Waals surface area contributed by atoms with Gasteiger partial charge in [0.15, 0.2) is 0 Å². The quantitative estimate of drug-likeness (QED) is 0.626. The molecule has 7 nitrogen and oxygen atoms in total. The molecule has 1 aliphatic rings. The number of carbonyl (C=O) groups excluding carboxylic acids is 2. The molecule has 2 amide bonds. The minimum atomic E-state index is -0.663. The van der Waals surface area contributed by atoms with Crippen molar-refractivity contribution in [3.63, 3.8) is 0 Å². The lowest BCUT2D eigenvalue weighted by atomic mass is 9.92. The van der Waals surface area contributed by atoms with Crippen LogP contribution < -0.4 is 22.1 Å². The number of thiophene rings is 1. The summed E-state index contributed by atoms with van der Waals surface area (Å²) in [5, 5.41) is 10.2. The van der Waals surface area contributed by atoms with Gasteiger partial charge >= 0.3 is 0 Å². The van der Waals surface area contributed by atoms with E-state index in [0.717, 1.165) is 24.2 Å². The number of rotatable bonds is 4. The van der Waals surface area contributed by atoms with Crippen molar-refractivity contribution in [2.24, 2.45) is 17.4 Å². The first kappa shape index (κ1) is 15.6. The first-order valence-electron chi connectivity index (χ1n) is 6.77. The molecule has 21 heavy (non-hydrogen) atoms. The van der Waals surface area contributed by atoms with E-state index in [0.29, 0.717) is 18.1 Å². The van der Waals surface area contributed by atoms with Gasteiger partial charge in [0.2, 0.25) is 0 Å². The SMILES string of the molecule is CC(O)C1CCN(c2sc(C(N)=O)c(N)c2C(N)=O)CC1. The smallest absolute Gasteiger partial charge is 0.260 e. The Labute approximate surface area is 126 Å². The Bertz CT molecular complexity index is 562. The van der Waals surface area contributed by atoms with Gasteiger partial charge in [-0.05, 0) is 25.7 Å². The highest BCUT2D eigenvalue weighted by molar-refractivity contribution is 7.19. The number of aliphatic hydroxyl groups excluding tert-OH is 1. The van der Waals surface area contributed by atoms with Gasteiger partial charge in [0.1, 0.15) is 9.88 Å². The summed E-state index contributed by atoms with van der Waals surface area (Å²) in [7, 11) is 0. The number of hydrogen-bond acceptors (Lipinski definition) is 6. The van der Waals surface area contributed by atoms with Gasteiger partial charge in [0, 0.05) is 13.1 Å². The molecule has 0 bridgehead atoms. The van der Waals surface area contributed by atoms with Gasteiger partial charge < -0.3 is 27.2 Å². The highest BCUT2D eigenvalue weighted by Crippen LogP contribution is 2.39. The maximum Gasteiger partial charge on any atom is 0.260 e. The number of nitrogen functional groups attached to an aromatic ring is 1. The summed E-state index contributed by atoms with van der Waals surface area (Å²) in [4.78, 5) is 25.1. The van der Waals surface area contributed by atoms with E-state index in [-0.39, 0.29) is 28.1 Å². The molecule has 2 rings (SSSR count). The molecule has 1 unspecified atom stereocenters. The summed E-state index contributed by atoms with van der Waals surface area (Å²) >= 11 is 1.10. The van der Waals surface area contributed by atoms with Crippen molar-refractivity contribution in [3.8, 4) is 0 Å². The van der Waals surface area contributed by atoms with Crippen LogP contribution in [0.25, 0.3) is 0 Å². The van der Waals surface area contributed by atoms with Crippen molar-refractivity contribution in [1.29, 1.82) is 0 Å². The van der Waals surface area contributed by atoms with Crippen LogP contribution in [0.5, 0.6) is 0 Å². The lowest BCUT2D eigenvalue weighted by Crippen LogP contribution is -2.37. The van der Waals surface area contributed by atoms with Crippen LogP contribution in [0, 0.1) is 5.92 Å². The number of primary amides is 2. The topological polar surface area (TPSA) is 136 Å². The Morgan fingerprint density at radius 1 is 1.29 bits per heavy atom. The van der Waals surface area contributed by atoms with E-state index in [2.05, 4.69) is 0 Å². The highest BCUT2D eigenvalue weighted by Gasteiger charge is 2.29. The van der Waals surface area contributed by atoms with Crippen molar-refractivity contribution in [3.05, 3.63) is 10.4 Å². The maximum absolute atomic E-state index is 11.6. The fourth-order valence-electron chi connectivity index (χ4n) is 2.66. The van der Waals surface area contributed by atoms with Gasteiger partial charge in [-0.1, -0.05) is 0 Å². The number of amides is 2. The second-order valence-corrected chi connectivity index (χ2v) is 6.32. The van der Waals surface area contributed by atoms with E-state index >= 15 is 0 Å². The molecular weight excluding hydrogens is 292 g/mol. The van der Waals surface area contributed by atoms with Crippen molar-refractivity contribution in [1.82, 2.24) is 0 Å². The van der Waals surface area contributed by atoms with E-state index in [4.69, 9.17) is 17.2 Å². The molecule has 8 heteroatoms. The van der Waals surface area contributed by atoms with Crippen molar-refractivity contribution in [2.45, 2.75) is 25.9 Å². The lowest BCUT2D eigenvalue weighted by molar-refractivity contribution is 0.0998. The summed E-state index contributed by atoms with van der Waals surface area (Å²) in [6, 6.07) is 0. The number of nitrogens with two attached hydrogens (primary N) is 3. The van der Waals surface area contributed by atoms with E-state index in [9.17, 15) is 14.7 Å². The lowest BCUT2D eigenvalue weighted by Gasteiger charge is -2.34. The first-order valence-corrected chi connectivity index (χ1v) is 7.59. The molecule has 1 atom stereocenters. The highest BCUT2D eigenvalue weighted by atomic mass is 32.1. The third kappa shape index (κ3) is 2.96. The summed E-state index contributed by atoms with van der Waals surface area (Å²) in [6.45, 7) is 3.13. The Kier molecular flexibility index (Phi) is 4.38. The van der Waals surface area contributed by atoms with E-state index in [1.807, 2.05) is 4.90 Å². The number of nitrogens with zero attached hydrogens (tertiary/aromatic N) is 1. The monoisotopic (exact) mass is 312 g/mol. The third-order valence-electron chi connectivity index (χ3n) is 3.91. The molecule has 0 aliphatic carbocycles. The molecule has 0 radical (unpaired) electrons. The van der Waals surface area contributed by atoms with Crippen LogP contribution in [-0.2, 0) is 0 Å². The summed E-state index contributed by atoms with van der Waals surface area (Å²) < 4.78 is 0. The Morgan fingerprint density at radius 2 is 1.86 bits per heavy atom. The molecule has 1 saturated heterocycles. The maximum atomic E-state index is 11.6. The van der Waals surface area contributed by atoms with Gasteiger partial charge in [-0.25, -0.2) is 0 Å². The predicted molar refractivity (Wildman–Crippen MR) is 82.4 cm³/mol. The van der Waals surface area contributed by atoms with Crippen molar-refractivity contribution < 1.29 is 14.7 Å². The number of carbonyl (C=O) groups is 2. The summed E-state index contributed by atoms with van der Waals surface area (Å²) in [6.07, 6.45) is 1.26. The molecular formula is C13H20N4O3S. The normalized spacial score (nSPS) is 17.7. The molecule has 1 aromatic heterocycles. The zero-order valence-electron chi connectivity index (χ0n) is 11.8. The molecule has 0 saturated carbocycles. The minimum absolute atomic E-state index is 0.0626. The van der Waals surface area contributed by atoms with Crippen LogP contribution in [0.2, 0.25) is 0 Å². The molecule has 116 valence electrons. The van der Waals surface area contributed by atoms with Crippen LogP contribution in [-0.4, -0.2) is 36.1 Å². The predicted octanol–water partition coefficient (Wildman–Crippen LogP) is 0.125. The van der Waals surface area contributed by atoms with Gasteiger partial charge in [0.25, 0.3) is 11.8 Å². The van der Waals surface area contributed by atoms with Crippen LogP contribution in [0.1, 0.15) is 39.8 Å². The van der Waals surface area contributed by atoms with Crippen molar-refractivity contribution in [2.75, 3.05) is 23.7 Å². The Morgan fingerprint density at radius 3 is 2.29 bits per heavy atom. The zero-order chi connectivity index (χ0) is 15.7. The number of piperidine rings is 1. The fourth-order valence-corrected chi connectivity index (χ4v) is 3.79. The first-order chi connectivity index (χ1) is 9.82. The Hall–Kier alpha value is -1.80. The van der Waals surface area contributed by atoms with E-state index in [1.54, 1.807) is 6.92 Å². The van der Waals surface area contributed by atoms with E-state index < -0.39 is 11.8 Å². The second kappa shape index (κ2) is 5.90. The molecule has 0 aromatic carbocycles. The van der Waals surface area contributed by atoms with Crippen LogP contribution in [0.15, 0.2) is 0 Å². The van der Waals surface area contributed by atoms with Gasteiger partial charge in [0.05, 0.1) is 17.4 Å². The van der Waals surface area contributed by atoms with E-state index in [1.165, 1.54) is 0 Å². The number of anilines is 2. The molecule has 1 aliphatic heterocycles. The average Bonchev–Trinajstić information content (AvgIpc) is 2.76. The van der Waals surface area contributed by atoms with Gasteiger partial charge in [-0.15, -0.1) is 11.3 Å². The Balaban J connectivity index is 2.30. The van der Waals surface area contributed by atoms with Crippen LogP contribution in [0.3, 0.4) is 0 Å². The molecule has 1 aromatic rings. The summed E-state index contributed by atoms with van der Waals surface area (Å²) in [5.74, 6) is -1.08. The number of aliphatic hydroxyl groups is 1. The second-order valence-electron chi connectivity index (χ2n) is 5.32. The van der Waals surface area contributed by atoms with Crippen LogP contribution >= 0.6 is 11.3 Å². The summed E-state index contributed by atoms with van der Waals surface area (Å²) in [5.41, 5.74) is 16.7. The van der Waals surface area contributed by atoms with Crippen molar-refractivity contribution >= 4 is 33.8 Å². The fraction of sp³-hybridized carbons (Fsp3) is 0.538. The van der Waals surface area contributed by atoms with Gasteiger partial charge in [-0.2, -0.15) is 0 Å². The third-order valence-corrected chi connectivity index (χ3v) is 5.19. The number of hydrogen-bond donors (Lipinski definition) is 4. The zero-order valence-corrected chi connectivity index (χ0v) is 12.7. The standard InChI is InChI=1S/C13H20N4O3S/c1-6(18)7-2-4-17(5-3-7)13-8(11(15)19)9(14)10(21-13)12(16)20/h6-7,18H,2-5,14H2,1H3,(H2,15,19)(H2,16,20). The van der Waals surface area contributed by atoms with Crippen LogP contribution in [0.4, 0.5) is 10.7 Å². The molecule has 0 spiro atoms. The average molecular weight is 312 g/mol. The molecule has 2 heterocycles. The van der Waals surface area contributed by atoms with Gasteiger partial charge in [-0.3, -0.25) is 9.59 Å². The molecule has 1 fully saturated rings.